The molecular weight excluding hydrogens is 266 g/mol. The number of hydrogen-bond acceptors (Lipinski definition) is 4. The normalized spacial score (nSPS) is 10.8. The molecule has 2 heterocycles. The SMILES string of the molecule is Cn1cccc1C(=O)Nc1ncc(/C=C/C(=O)O)s1. The Kier molecular flexibility index (Phi) is 3.76. The van der Waals surface area contributed by atoms with Gasteiger partial charge in [0.1, 0.15) is 5.69 Å². The van der Waals surface area contributed by atoms with E-state index in [0.29, 0.717) is 15.7 Å². The van der Waals surface area contributed by atoms with E-state index in [2.05, 4.69) is 10.3 Å². The van der Waals surface area contributed by atoms with E-state index < -0.39 is 5.97 Å². The number of carbonyl (C=O) groups excluding carboxylic acids is 1. The third kappa shape index (κ3) is 3.29. The number of aryl methyl sites for hydroxylation is 1. The highest BCUT2D eigenvalue weighted by Gasteiger charge is 2.10. The lowest BCUT2D eigenvalue weighted by molar-refractivity contribution is -0.131. The molecule has 0 saturated carbocycles. The Balaban J connectivity index is 2.06. The molecule has 0 aliphatic heterocycles. The summed E-state index contributed by atoms with van der Waals surface area (Å²) in [6.45, 7) is 0. The van der Waals surface area contributed by atoms with E-state index in [1.807, 2.05) is 0 Å². The molecule has 0 unspecified atom stereocenters. The van der Waals surface area contributed by atoms with Gasteiger partial charge in [0.05, 0.1) is 0 Å². The Hall–Kier alpha value is -2.41. The molecule has 0 aliphatic rings. The minimum atomic E-state index is -1.03. The fourth-order valence-corrected chi connectivity index (χ4v) is 2.15. The Labute approximate surface area is 113 Å². The maximum absolute atomic E-state index is 11.9. The van der Waals surface area contributed by atoms with Crippen molar-refractivity contribution in [1.82, 2.24) is 9.55 Å². The molecule has 6 nitrogen and oxygen atoms in total. The van der Waals surface area contributed by atoms with E-state index in [4.69, 9.17) is 5.11 Å². The highest BCUT2D eigenvalue weighted by atomic mass is 32.1. The summed E-state index contributed by atoms with van der Waals surface area (Å²) in [5.74, 6) is -1.28. The number of carbonyl (C=O) groups is 2. The van der Waals surface area contributed by atoms with Crippen molar-refractivity contribution >= 4 is 34.4 Å². The van der Waals surface area contributed by atoms with E-state index in [9.17, 15) is 9.59 Å². The van der Waals surface area contributed by atoms with Gasteiger partial charge in [0.15, 0.2) is 5.13 Å². The molecule has 0 bridgehead atoms. The molecule has 0 atom stereocenters. The molecule has 0 aromatic carbocycles. The first-order chi connectivity index (χ1) is 9.06. The number of anilines is 1. The Bertz CT molecular complexity index is 642. The molecule has 19 heavy (non-hydrogen) atoms. The lowest BCUT2D eigenvalue weighted by Crippen LogP contribution is -2.14. The van der Waals surface area contributed by atoms with Gasteiger partial charge in [0.25, 0.3) is 5.91 Å². The smallest absolute Gasteiger partial charge is 0.328 e. The van der Waals surface area contributed by atoms with Crippen LogP contribution in [0.1, 0.15) is 15.4 Å². The summed E-state index contributed by atoms with van der Waals surface area (Å²) in [6, 6.07) is 3.48. The highest BCUT2D eigenvalue weighted by Crippen LogP contribution is 2.20. The Morgan fingerprint density at radius 1 is 1.53 bits per heavy atom. The van der Waals surface area contributed by atoms with E-state index >= 15 is 0 Å². The topological polar surface area (TPSA) is 84.2 Å². The quantitative estimate of drug-likeness (QED) is 0.835. The first-order valence-electron chi connectivity index (χ1n) is 5.36. The summed E-state index contributed by atoms with van der Waals surface area (Å²) in [5.41, 5.74) is 0.526. The van der Waals surface area contributed by atoms with Crippen molar-refractivity contribution in [2.24, 2.45) is 7.05 Å². The summed E-state index contributed by atoms with van der Waals surface area (Å²) < 4.78 is 1.70. The minimum absolute atomic E-state index is 0.254. The number of aliphatic carboxylic acids is 1. The van der Waals surface area contributed by atoms with Crippen LogP contribution in [0.2, 0.25) is 0 Å². The van der Waals surface area contributed by atoms with Gasteiger partial charge in [-0.1, -0.05) is 11.3 Å². The Morgan fingerprint density at radius 3 is 2.95 bits per heavy atom. The van der Waals surface area contributed by atoms with Gasteiger partial charge in [0.2, 0.25) is 0 Å². The fraction of sp³-hybridized carbons (Fsp3) is 0.0833. The average Bonchev–Trinajstić information content (AvgIpc) is 2.95. The van der Waals surface area contributed by atoms with Crippen LogP contribution < -0.4 is 5.32 Å². The lowest BCUT2D eigenvalue weighted by atomic mass is 10.4. The zero-order valence-corrected chi connectivity index (χ0v) is 10.8. The van der Waals surface area contributed by atoms with Crippen molar-refractivity contribution in [1.29, 1.82) is 0 Å². The molecule has 2 N–H and O–H groups in total. The molecule has 0 aliphatic carbocycles. The minimum Gasteiger partial charge on any atom is -0.478 e. The average molecular weight is 277 g/mol. The number of hydrogen-bond donors (Lipinski definition) is 2. The number of rotatable bonds is 4. The van der Waals surface area contributed by atoms with Gasteiger partial charge < -0.3 is 9.67 Å². The molecule has 1 amide bonds. The second-order valence-corrected chi connectivity index (χ2v) is 4.76. The predicted octanol–water partition coefficient (Wildman–Crippen LogP) is 1.83. The summed E-state index contributed by atoms with van der Waals surface area (Å²) in [5, 5.41) is 11.6. The van der Waals surface area contributed by atoms with Gasteiger partial charge in [-0.25, -0.2) is 9.78 Å². The van der Waals surface area contributed by atoms with Crippen LogP contribution in [-0.2, 0) is 11.8 Å². The van der Waals surface area contributed by atoms with Crippen molar-refractivity contribution in [2.45, 2.75) is 0 Å². The molecule has 98 valence electrons. The molecule has 7 heteroatoms. The number of aromatic nitrogens is 2. The van der Waals surface area contributed by atoms with Crippen LogP contribution in [-0.4, -0.2) is 26.5 Å². The van der Waals surface area contributed by atoms with E-state index in [0.717, 1.165) is 6.08 Å². The fourth-order valence-electron chi connectivity index (χ4n) is 1.43. The summed E-state index contributed by atoms with van der Waals surface area (Å²) in [7, 11) is 1.78. The second kappa shape index (κ2) is 5.49. The number of amides is 1. The van der Waals surface area contributed by atoms with Gasteiger partial charge in [-0.05, 0) is 18.2 Å². The highest BCUT2D eigenvalue weighted by molar-refractivity contribution is 7.16. The summed E-state index contributed by atoms with van der Waals surface area (Å²) >= 11 is 1.20. The molecule has 2 aromatic rings. The first kappa shape index (κ1) is 13.0. The van der Waals surface area contributed by atoms with Crippen LogP contribution in [0, 0.1) is 0 Å². The van der Waals surface area contributed by atoms with Crippen LogP contribution in [0.3, 0.4) is 0 Å². The second-order valence-electron chi connectivity index (χ2n) is 3.70. The maximum atomic E-state index is 11.9. The number of carboxylic acid groups (broad SMARTS) is 1. The van der Waals surface area contributed by atoms with E-state index in [-0.39, 0.29) is 5.91 Å². The standard InChI is InChI=1S/C12H11N3O3S/c1-15-6-2-3-9(15)11(18)14-12-13-7-8(19-12)4-5-10(16)17/h2-7H,1H3,(H,16,17)(H,13,14,18)/b5-4+. The van der Waals surface area contributed by atoms with Crippen LogP contribution in [0.4, 0.5) is 5.13 Å². The monoisotopic (exact) mass is 277 g/mol. The van der Waals surface area contributed by atoms with Crippen molar-refractivity contribution < 1.29 is 14.7 Å². The zero-order valence-electron chi connectivity index (χ0n) is 10.0. The van der Waals surface area contributed by atoms with E-state index in [1.165, 1.54) is 23.6 Å². The molecule has 0 spiro atoms. The van der Waals surface area contributed by atoms with Gasteiger partial charge in [0, 0.05) is 30.4 Å². The van der Waals surface area contributed by atoms with Gasteiger partial charge in [-0.15, -0.1) is 0 Å². The van der Waals surface area contributed by atoms with Gasteiger partial charge >= 0.3 is 5.97 Å². The van der Waals surface area contributed by atoms with Gasteiger partial charge in [-0.2, -0.15) is 0 Å². The van der Waals surface area contributed by atoms with Crippen LogP contribution in [0.5, 0.6) is 0 Å². The number of carboxylic acids is 1. The summed E-state index contributed by atoms with van der Waals surface area (Å²) in [6.07, 6.45) is 5.73. The van der Waals surface area contributed by atoms with Crippen molar-refractivity contribution in [3.8, 4) is 0 Å². The maximum Gasteiger partial charge on any atom is 0.328 e. The third-order valence-electron chi connectivity index (χ3n) is 2.31. The molecular formula is C12H11N3O3S. The number of nitrogens with one attached hydrogen (secondary N) is 1. The first-order valence-corrected chi connectivity index (χ1v) is 6.17. The molecule has 2 aromatic heterocycles. The Morgan fingerprint density at radius 2 is 2.32 bits per heavy atom. The van der Waals surface area contributed by atoms with Crippen LogP contribution in [0.25, 0.3) is 6.08 Å². The zero-order chi connectivity index (χ0) is 13.8. The van der Waals surface area contributed by atoms with Gasteiger partial charge in [-0.3, -0.25) is 10.1 Å². The predicted molar refractivity (Wildman–Crippen MR) is 72.2 cm³/mol. The molecule has 0 saturated heterocycles. The number of nitrogens with zero attached hydrogens (tertiary/aromatic N) is 2. The number of thiazole rings is 1. The van der Waals surface area contributed by atoms with Crippen LogP contribution in [0.15, 0.2) is 30.6 Å². The van der Waals surface area contributed by atoms with Crippen molar-refractivity contribution in [2.75, 3.05) is 5.32 Å². The lowest BCUT2D eigenvalue weighted by Gasteiger charge is -2.02. The largest absolute Gasteiger partial charge is 0.478 e. The molecule has 2 rings (SSSR count). The van der Waals surface area contributed by atoms with Crippen molar-refractivity contribution in [3.05, 3.63) is 41.2 Å². The summed E-state index contributed by atoms with van der Waals surface area (Å²) in [4.78, 5) is 26.9. The van der Waals surface area contributed by atoms with Crippen molar-refractivity contribution in [3.63, 3.8) is 0 Å². The molecule has 0 radical (unpaired) electrons. The third-order valence-corrected chi connectivity index (χ3v) is 3.19. The molecule has 0 fully saturated rings. The van der Waals surface area contributed by atoms with Crippen LogP contribution >= 0.6 is 11.3 Å². The van der Waals surface area contributed by atoms with E-state index in [1.54, 1.807) is 29.9 Å².